The van der Waals surface area contributed by atoms with Gasteiger partial charge in [0, 0.05) is 6.07 Å². The summed E-state index contributed by atoms with van der Waals surface area (Å²) < 4.78 is 30.9. The first-order valence-electron chi connectivity index (χ1n) is 4.36. The maximum Gasteiger partial charge on any atom is 0.274 e. The van der Waals surface area contributed by atoms with Crippen LogP contribution in [-0.4, -0.2) is 18.6 Å². The molecule has 8 heteroatoms. The molecule has 0 fully saturated rings. The van der Waals surface area contributed by atoms with E-state index in [1.807, 2.05) is 0 Å². The van der Waals surface area contributed by atoms with Crippen molar-refractivity contribution in [3.8, 4) is 0 Å². The highest BCUT2D eigenvalue weighted by Crippen LogP contribution is 2.24. The van der Waals surface area contributed by atoms with Gasteiger partial charge in [-0.25, -0.2) is 13.4 Å². The Morgan fingerprint density at radius 2 is 2.19 bits per heavy atom. The summed E-state index contributed by atoms with van der Waals surface area (Å²) in [7, 11) is -3.61. The van der Waals surface area contributed by atoms with Gasteiger partial charge in [0.1, 0.15) is 6.26 Å². The second-order valence-corrected chi connectivity index (χ2v) is 6.18. The fourth-order valence-electron chi connectivity index (χ4n) is 1.21. The molecule has 2 aromatic heterocycles. The first-order chi connectivity index (χ1) is 7.49. The molecule has 0 aliphatic heterocycles. The molecule has 0 saturated heterocycles. The quantitative estimate of drug-likeness (QED) is 0.903. The smallest absolute Gasteiger partial charge is 0.274 e. The average Bonchev–Trinajstić information content (AvgIpc) is 2.75. The summed E-state index contributed by atoms with van der Waals surface area (Å²) in [5.74, 6) is 0.158. The van der Waals surface area contributed by atoms with Gasteiger partial charge in [-0.15, -0.1) is 11.3 Å². The van der Waals surface area contributed by atoms with Crippen molar-refractivity contribution in [2.75, 3.05) is 4.72 Å². The Morgan fingerprint density at radius 1 is 1.44 bits per heavy atom. The van der Waals surface area contributed by atoms with Crippen molar-refractivity contribution in [2.45, 2.75) is 18.1 Å². The Hall–Kier alpha value is -1.41. The Morgan fingerprint density at radius 3 is 2.69 bits per heavy atom. The number of anilines is 1. The number of hydrogen-bond donors (Lipinski definition) is 1. The van der Waals surface area contributed by atoms with Crippen molar-refractivity contribution in [2.24, 2.45) is 0 Å². The highest BCUT2D eigenvalue weighted by molar-refractivity contribution is 7.94. The van der Waals surface area contributed by atoms with Crippen molar-refractivity contribution >= 4 is 27.2 Å². The molecular weight excluding hydrogens is 250 g/mol. The molecule has 0 bridgehead atoms. The van der Waals surface area contributed by atoms with Crippen molar-refractivity contribution in [3.05, 3.63) is 23.0 Å². The van der Waals surface area contributed by atoms with Gasteiger partial charge in [0.2, 0.25) is 0 Å². The zero-order valence-corrected chi connectivity index (χ0v) is 10.2. The normalized spacial score (nSPS) is 11.6. The van der Waals surface area contributed by atoms with Crippen LogP contribution in [0.25, 0.3) is 0 Å². The van der Waals surface area contributed by atoms with Gasteiger partial charge in [0.25, 0.3) is 10.0 Å². The zero-order chi connectivity index (χ0) is 11.8. The Labute approximate surface area is 96.4 Å². The van der Waals surface area contributed by atoms with Gasteiger partial charge in [0.05, 0.1) is 10.7 Å². The molecule has 0 spiro atoms. The summed E-state index contributed by atoms with van der Waals surface area (Å²) >= 11 is 1.12. The van der Waals surface area contributed by atoms with E-state index < -0.39 is 10.0 Å². The van der Waals surface area contributed by atoms with Gasteiger partial charge in [0.15, 0.2) is 10.0 Å². The minimum atomic E-state index is -3.61. The number of nitrogens with zero attached hydrogens (tertiary/aromatic N) is 2. The van der Waals surface area contributed by atoms with Gasteiger partial charge in [-0.1, -0.05) is 5.16 Å². The van der Waals surface area contributed by atoms with Crippen LogP contribution in [0.2, 0.25) is 0 Å². The predicted molar refractivity (Wildman–Crippen MR) is 58.9 cm³/mol. The maximum atomic E-state index is 11.9. The lowest BCUT2D eigenvalue weighted by Gasteiger charge is -2.01. The lowest BCUT2D eigenvalue weighted by Crippen LogP contribution is -2.12. The van der Waals surface area contributed by atoms with E-state index in [0.717, 1.165) is 11.3 Å². The van der Waals surface area contributed by atoms with Crippen LogP contribution in [0.4, 0.5) is 5.82 Å². The monoisotopic (exact) mass is 259 g/mol. The van der Waals surface area contributed by atoms with E-state index in [1.54, 1.807) is 13.8 Å². The van der Waals surface area contributed by atoms with Crippen molar-refractivity contribution in [1.82, 2.24) is 10.1 Å². The first-order valence-corrected chi connectivity index (χ1v) is 6.66. The van der Waals surface area contributed by atoms with E-state index in [0.29, 0.717) is 10.7 Å². The van der Waals surface area contributed by atoms with E-state index in [9.17, 15) is 8.42 Å². The van der Waals surface area contributed by atoms with E-state index >= 15 is 0 Å². The van der Waals surface area contributed by atoms with E-state index in [2.05, 4.69) is 19.4 Å². The third-order valence-corrected chi connectivity index (χ3v) is 4.82. The standard InChI is InChI=1S/C8H9N3O3S2/c1-5-8(15-6(2)9-5)16(12,13)11-7-3-4-14-10-7/h3-4H,1-2H3,(H,10,11). The van der Waals surface area contributed by atoms with Gasteiger partial charge in [-0.05, 0) is 13.8 Å². The molecule has 0 atom stereocenters. The summed E-state index contributed by atoms with van der Waals surface area (Å²) in [6.07, 6.45) is 1.29. The van der Waals surface area contributed by atoms with Crippen molar-refractivity contribution < 1.29 is 12.9 Å². The van der Waals surface area contributed by atoms with E-state index in [-0.39, 0.29) is 10.0 Å². The van der Waals surface area contributed by atoms with Gasteiger partial charge >= 0.3 is 0 Å². The lowest BCUT2D eigenvalue weighted by molar-refractivity contribution is 0.423. The van der Waals surface area contributed by atoms with Crippen LogP contribution in [0.3, 0.4) is 0 Å². The number of rotatable bonds is 3. The summed E-state index contributed by atoms with van der Waals surface area (Å²) in [6, 6.07) is 1.43. The number of aromatic nitrogens is 2. The zero-order valence-electron chi connectivity index (χ0n) is 8.59. The highest BCUT2D eigenvalue weighted by atomic mass is 32.2. The second kappa shape index (κ2) is 3.87. The van der Waals surface area contributed by atoms with E-state index in [4.69, 9.17) is 0 Å². The summed E-state index contributed by atoms with van der Waals surface area (Å²) in [5.41, 5.74) is 0.485. The van der Waals surface area contributed by atoms with Crippen LogP contribution >= 0.6 is 11.3 Å². The Kier molecular flexibility index (Phi) is 2.68. The number of thiazole rings is 1. The summed E-state index contributed by atoms with van der Waals surface area (Å²) in [4.78, 5) is 4.06. The molecule has 0 aliphatic carbocycles. The van der Waals surface area contributed by atoms with Crippen LogP contribution in [0.5, 0.6) is 0 Å². The van der Waals surface area contributed by atoms with Crippen LogP contribution < -0.4 is 4.72 Å². The molecule has 1 N–H and O–H groups in total. The molecule has 0 radical (unpaired) electrons. The molecule has 2 rings (SSSR count). The van der Waals surface area contributed by atoms with Crippen LogP contribution in [0, 0.1) is 13.8 Å². The van der Waals surface area contributed by atoms with Crippen LogP contribution in [0.15, 0.2) is 21.1 Å². The molecular formula is C8H9N3O3S2. The Balaban J connectivity index is 2.36. The molecule has 2 aromatic rings. The summed E-state index contributed by atoms with van der Waals surface area (Å²) in [5, 5.41) is 4.19. The van der Waals surface area contributed by atoms with Crippen molar-refractivity contribution in [1.29, 1.82) is 0 Å². The molecule has 0 amide bonds. The van der Waals surface area contributed by atoms with Gasteiger partial charge < -0.3 is 4.52 Å². The van der Waals surface area contributed by atoms with E-state index in [1.165, 1.54) is 12.3 Å². The molecule has 0 aromatic carbocycles. The van der Waals surface area contributed by atoms with Crippen molar-refractivity contribution in [3.63, 3.8) is 0 Å². The Bertz CT molecular complexity index is 586. The lowest BCUT2D eigenvalue weighted by atomic mass is 10.6. The van der Waals surface area contributed by atoms with Crippen LogP contribution in [0.1, 0.15) is 10.7 Å². The minimum absolute atomic E-state index is 0.158. The number of sulfonamides is 1. The van der Waals surface area contributed by atoms with Gasteiger partial charge in [-0.2, -0.15) is 0 Å². The number of aryl methyl sites for hydroxylation is 2. The molecule has 0 unspecified atom stereocenters. The van der Waals surface area contributed by atoms with Gasteiger partial charge in [-0.3, -0.25) is 4.72 Å². The molecule has 86 valence electrons. The topological polar surface area (TPSA) is 85.1 Å². The fourth-order valence-corrected chi connectivity index (χ4v) is 3.69. The average molecular weight is 259 g/mol. The maximum absolute atomic E-state index is 11.9. The molecule has 0 aliphatic rings. The number of hydrogen-bond acceptors (Lipinski definition) is 6. The SMILES string of the molecule is Cc1nc(C)c(S(=O)(=O)Nc2ccon2)s1. The van der Waals surface area contributed by atoms with Crippen LogP contribution in [-0.2, 0) is 10.0 Å². The molecule has 0 saturated carbocycles. The second-order valence-electron chi connectivity index (χ2n) is 3.10. The highest BCUT2D eigenvalue weighted by Gasteiger charge is 2.21. The third-order valence-electron chi connectivity index (χ3n) is 1.78. The molecule has 16 heavy (non-hydrogen) atoms. The predicted octanol–water partition coefficient (Wildman–Crippen LogP) is 1.55. The number of nitrogens with one attached hydrogen (secondary N) is 1. The first kappa shape index (κ1) is 11.1. The third kappa shape index (κ3) is 2.07. The minimum Gasteiger partial charge on any atom is -0.363 e. The largest absolute Gasteiger partial charge is 0.363 e. The fraction of sp³-hybridized carbons (Fsp3) is 0.250. The summed E-state index contributed by atoms with van der Waals surface area (Å²) in [6.45, 7) is 3.41. The molecule has 6 nitrogen and oxygen atoms in total. The molecule has 2 heterocycles.